The summed E-state index contributed by atoms with van der Waals surface area (Å²) in [5.41, 5.74) is 0.146. The molecular weight excluding hydrogens is 638 g/mol. The molecule has 5 rings (SSSR count). The molecule has 0 unspecified atom stereocenters. The Morgan fingerprint density at radius 2 is 1.66 bits per heavy atom. The smallest absolute Gasteiger partial charge is 0.407 e. The minimum atomic E-state index is -1.04. The number of unbranched alkanes of at least 4 members (excludes halogenated alkanes) is 3. The third-order valence-corrected chi connectivity index (χ3v) is 10.6. The Bertz CT molecular complexity index is 1480. The third-order valence-electron chi connectivity index (χ3n) is 10.6. The maximum absolute atomic E-state index is 14.0. The fourth-order valence-electron chi connectivity index (χ4n) is 7.65. The highest BCUT2D eigenvalue weighted by atomic mass is 16.5. The number of hydrogen-bond donors (Lipinski definition) is 2. The highest BCUT2D eigenvalue weighted by molar-refractivity contribution is 5.96. The second-order valence-electron chi connectivity index (χ2n) is 14.0. The van der Waals surface area contributed by atoms with Crippen LogP contribution in [0.2, 0.25) is 0 Å². The molecule has 0 bridgehead atoms. The van der Waals surface area contributed by atoms with E-state index in [9.17, 15) is 19.2 Å². The number of nitrogens with one attached hydrogen (secondary N) is 2. The van der Waals surface area contributed by atoms with E-state index in [1.54, 1.807) is 21.1 Å². The molecule has 11 nitrogen and oxygen atoms in total. The zero-order chi connectivity index (χ0) is 35.5. The van der Waals surface area contributed by atoms with Crippen molar-refractivity contribution >= 4 is 34.6 Å². The van der Waals surface area contributed by atoms with Crippen LogP contribution < -0.4 is 15.4 Å². The predicted molar refractivity (Wildman–Crippen MR) is 190 cm³/mol. The molecule has 2 heterocycles. The van der Waals surface area contributed by atoms with E-state index in [1.807, 2.05) is 12.1 Å². The molecule has 2 saturated heterocycles. The molecule has 274 valence electrons. The second kappa shape index (κ2) is 17.9. The average molecular weight is 694 g/mol. The summed E-state index contributed by atoms with van der Waals surface area (Å²) in [6.45, 7) is 2.46. The third kappa shape index (κ3) is 9.27. The molecule has 11 heteroatoms. The Hall–Kier alpha value is -3.86. The van der Waals surface area contributed by atoms with Gasteiger partial charge in [-0.15, -0.1) is 0 Å². The maximum atomic E-state index is 14.0. The first-order valence-electron chi connectivity index (χ1n) is 18.6. The number of benzene rings is 2. The van der Waals surface area contributed by atoms with Crippen molar-refractivity contribution in [2.75, 3.05) is 34.0 Å². The van der Waals surface area contributed by atoms with Crippen LogP contribution in [0.4, 0.5) is 4.79 Å². The van der Waals surface area contributed by atoms with Gasteiger partial charge in [0.25, 0.3) is 0 Å². The number of carbonyl (C=O) groups is 4. The van der Waals surface area contributed by atoms with Gasteiger partial charge in [-0.2, -0.15) is 0 Å². The molecule has 0 spiro atoms. The van der Waals surface area contributed by atoms with Gasteiger partial charge in [-0.05, 0) is 79.8 Å². The quantitative estimate of drug-likeness (QED) is 0.209. The first kappa shape index (κ1) is 37.4. The van der Waals surface area contributed by atoms with Gasteiger partial charge in [-0.1, -0.05) is 69.2 Å². The van der Waals surface area contributed by atoms with E-state index in [2.05, 4.69) is 34.9 Å². The van der Waals surface area contributed by atoms with Crippen LogP contribution in [0.5, 0.6) is 5.75 Å². The summed E-state index contributed by atoms with van der Waals surface area (Å²) in [6, 6.07) is 10.9. The normalized spacial score (nSPS) is 25.8. The van der Waals surface area contributed by atoms with Crippen LogP contribution in [0.1, 0.15) is 96.0 Å². The summed E-state index contributed by atoms with van der Waals surface area (Å²) in [5, 5.41) is 8.18. The van der Waals surface area contributed by atoms with E-state index in [4.69, 9.17) is 18.9 Å². The molecule has 3 fully saturated rings. The van der Waals surface area contributed by atoms with E-state index >= 15 is 0 Å². The minimum absolute atomic E-state index is 0.0247. The molecule has 3 amide bonds. The summed E-state index contributed by atoms with van der Waals surface area (Å²) in [4.78, 5) is 55.3. The first-order valence-corrected chi connectivity index (χ1v) is 18.6. The topological polar surface area (TPSA) is 132 Å². The Labute approximate surface area is 296 Å². The first-order chi connectivity index (χ1) is 24.3. The lowest BCUT2D eigenvalue weighted by Crippen LogP contribution is -2.56. The zero-order valence-corrected chi connectivity index (χ0v) is 30.0. The van der Waals surface area contributed by atoms with Gasteiger partial charge in [0.15, 0.2) is 0 Å². The number of rotatable bonds is 12. The number of amides is 3. The van der Waals surface area contributed by atoms with Crippen molar-refractivity contribution in [2.24, 2.45) is 5.92 Å². The standard InChI is InChI=1S/C39H55N3O8/c1-4-49-37(45)39-25-30(39)19-11-6-5-7-12-20-32(36(44)42-26-31(47-2)24-33(42)35(43)41-39)40-38(46)50-21-15-9-8-10-18-29-22-27-16-13-14-17-28(27)23-34(29)48-3/h13-14,16-17,22-23,30-33H,4-12,15,18-21,24-26H2,1-3H3,(H,40,46)(H,41,43)/t30-,31+,32+,33+,39-/m1/s1. The second-order valence-corrected chi connectivity index (χ2v) is 14.0. The molecule has 2 aliphatic heterocycles. The zero-order valence-electron chi connectivity index (χ0n) is 30.0. The summed E-state index contributed by atoms with van der Waals surface area (Å²) in [5.74, 6) is -0.199. The fourth-order valence-corrected chi connectivity index (χ4v) is 7.65. The van der Waals surface area contributed by atoms with Crippen LogP contribution in [0.15, 0.2) is 36.4 Å². The number of fused-ring (bicyclic) bond motifs is 3. The summed E-state index contributed by atoms with van der Waals surface area (Å²) >= 11 is 0. The van der Waals surface area contributed by atoms with Crippen molar-refractivity contribution in [1.29, 1.82) is 0 Å². The van der Waals surface area contributed by atoms with Gasteiger partial charge in [0.2, 0.25) is 11.8 Å². The van der Waals surface area contributed by atoms with E-state index in [0.29, 0.717) is 25.7 Å². The fraction of sp³-hybridized carbons (Fsp3) is 0.641. The number of nitrogens with zero attached hydrogens (tertiary/aromatic N) is 1. The number of aryl methyl sites for hydroxylation is 1. The molecule has 1 aliphatic carbocycles. The molecule has 2 aromatic rings. The molecular formula is C39H55N3O8. The number of ether oxygens (including phenoxy) is 4. The van der Waals surface area contributed by atoms with Gasteiger partial charge in [-0.3, -0.25) is 9.59 Å². The van der Waals surface area contributed by atoms with Gasteiger partial charge in [0, 0.05) is 20.1 Å². The van der Waals surface area contributed by atoms with Crippen LogP contribution in [0.25, 0.3) is 10.8 Å². The van der Waals surface area contributed by atoms with E-state index in [1.165, 1.54) is 15.8 Å². The lowest BCUT2D eigenvalue weighted by molar-refractivity contribution is -0.150. The van der Waals surface area contributed by atoms with Gasteiger partial charge < -0.3 is 34.5 Å². The van der Waals surface area contributed by atoms with Gasteiger partial charge in [-0.25, -0.2) is 9.59 Å². The van der Waals surface area contributed by atoms with Crippen LogP contribution in [0, 0.1) is 5.92 Å². The molecule has 2 N–H and O–H groups in total. The van der Waals surface area contributed by atoms with E-state index < -0.39 is 29.7 Å². The van der Waals surface area contributed by atoms with Crippen molar-refractivity contribution in [3.05, 3.63) is 42.0 Å². The van der Waals surface area contributed by atoms with Crippen molar-refractivity contribution in [2.45, 2.75) is 121 Å². The Morgan fingerprint density at radius 1 is 0.940 bits per heavy atom. The lowest BCUT2D eigenvalue weighted by atomic mass is 10.0. The van der Waals surface area contributed by atoms with E-state index in [-0.39, 0.29) is 43.6 Å². The lowest BCUT2D eigenvalue weighted by Gasteiger charge is -2.29. The van der Waals surface area contributed by atoms with Crippen molar-refractivity contribution < 1.29 is 38.1 Å². The van der Waals surface area contributed by atoms with Crippen molar-refractivity contribution in [1.82, 2.24) is 15.5 Å². The molecule has 50 heavy (non-hydrogen) atoms. The monoisotopic (exact) mass is 693 g/mol. The number of esters is 1. The van der Waals surface area contributed by atoms with Crippen LogP contribution >= 0.6 is 0 Å². The maximum Gasteiger partial charge on any atom is 0.407 e. The molecule has 0 radical (unpaired) electrons. The Morgan fingerprint density at radius 3 is 2.40 bits per heavy atom. The molecule has 5 atom stereocenters. The van der Waals surface area contributed by atoms with Gasteiger partial charge in [0.1, 0.15) is 23.4 Å². The van der Waals surface area contributed by atoms with Crippen LogP contribution in [0.3, 0.4) is 0 Å². The summed E-state index contributed by atoms with van der Waals surface area (Å²) < 4.78 is 22.1. The Balaban J connectivity index is 1.13. The largest absolute Gasteiger partial charge is 0.496 e. The minimum Gasteiger partial charge on any atom is -0.496 e. The molecule has 2 aromatic carbocycles. The number of hydrogen-bond acceptors (Lipinski definition) is 8. The highest BCUT2D eigenvalue weighted by Crippen LogP contribution is 2.48. The highest BCUT2D eigenvalue weighted by Gasteiger charge is 2.62. The van der Waals surface area contributed by atoms with Crippen molar-refractivity contribution in [3.63, 3.8) is 0 Å². The molecule has 3 aliphatic rings. The van der Waals surface area contributed by atoms with Crippen LogP contribution in [-0.2, 0) is 35.0 Å². The molecule has 0 aromatic heterocycles. The van der Waals surface area contributed by atoms with Gasteiger partial charge in [0.05, 0.1) is 26.4 Å². The molecule has 1 saturated carbocycles. The number of methoxy groups -OCH3 is 2. The van der Waals surface area contributed by atoms with Gasteiger partial charge >= 0.3 is 12.1 Å². The summed E-state index contributed by atoms with van der Waals surface area (Å²) in [6.07, 6.45) is 10.3. The SMILES string of the molecule is CCOC(=O)[C@@]12C[C@H]1CCCCCCC[C@H](NC(=O)OCCCCCCc1cc3ccccc3cc1OC)C(=O)N1C[C@@H](OC)C[C@H]1C(=O)N2. The van der Waals surface area contributed by atoms with Crippen LogP contribution in [-0.4, -0.2) is 86.5 Å². The Kier molecular flexibility index (Phi) is 13.4. The predicted octanol–water partition coefficient (Wildman–Crippen LogP) is 5.84. The number of carbonyl (C=O) groups excluding carboxylic acids is 4. The average Bonchev–Trinajstić information content (AvgIpc) is 3.63. The van der Waals surface area contributed by atoms with E-state index in [0.717, 1.165) is 75.3 Å². The number of alkyl carbamates (subject to hydrolysis) is 1. The summed E-state index contributed by atoms with van der Waals surface area (Å²) in [7, 11) is 3.26. The van der Waals surface area contributed by atoms with Crippen molar-refractivity contribution in [3.8, 4) is 5.75 Å².